The molecule has 0 radical (unpaired) electrons. The van der Waals surface area contributed by atoms with Crippen molar-refractivity contribution in [2.45, 2.75) is 55.3 Å². The zero-order valence-corrected chi connectivity index (χ0v) is 16.2. The molecule has 0 aliphatic heterocycles. The predicted octanol–water partition coefficient (Wildman–Crippen LogP) is 5.00. The fraction of sp³-hybridized carbons (Fsp3) is 0.611. The molecule has 1 fully saturated rings. The van der Waals surface area contributed by atoms with Gasteiger partial charge in [-0.3, -0.25) is 4.79 Å². The minimum absolute atomic E-state index is 0.155. The number of Topliss-reactive ketones (excluding diaryl/α,β-unsaturated/α-hetero) is 1. The van der Waals surface area contributed by atoms with Gasteiger partial charge in [-0.15, -0.1) is 0 Å². The topological polar surface area (TPSA) is 26.3 Å². The first-order valence-electron chi connectivity index (χ1n) is 8.17. The average Bonchev–Trinajstić information content (AvgIpc) is 2.85. The minimum Gasteiger partial charge on any atom is -0.371 e. The van der Waals surface area contributed by atoms with E-state index in [1.54, 1.807) is 0 Å². The van der Waals surface area contributed by atoms with Crippen LogP contribution in [0.4, 0.5) is 0 Å². The van der Waals surface area contributed by atoms with E-state index in [0.29, 0.717) is 18.1 Å². The molecule has 0 N–H and O–H groups in total. The molecule has 1 aliphatic rings. The molecule has 2 rings (SSSR count). The lowest BCUT2D eigenvalue weighted by Crippen LogP contribution is -2.57. The van der Waals surface area contributed by atoms with Gasteiger partial charge in [-0.25, -0.2) is 0 Å². The second kappa shape index (κ2) is 6.89. The van der Waals surface area contributed by atoms with Crippen LogP contribution in [0.1, 0.15) is 26.2 Å². The molecular formula is C18H28O2SSi. The monoisotopic (exact) mass is 336 g/mol. The molecule has 122 valence electrons. The fourth-order valence-corrected chi connectivity index (χ4v) is 8.63. The summed E-state index contributed by atoms with van der Waals surface area (Å²) in [4.78, 5) is 13.5. The fourth-order valence-electron chi connectivity index (χ4n) is 3.82. The summed E-state index contributed by atoms with van der Waals surface area (Å²) in [5, 5.41) is 0. The average molecular weight is 337 g/mol. The first kappa shape index (κ1) is 17.8. The summed E-state index contributed by atoms with van der Waals surface area (Å²) < 4.78 is 5.99. The summed E-state index contributed by atoms with van der Waals surface area (Å²) in [7, 11) is 0.153. The van der Waals surface area contributed by atoms with E-state index in [1.165, 1.54) is 4.90 Å². The van der Waals surface area contributed by atoms with Crippen LogP contribution in [-0.2, 0) is 9.53 Å². The van der Waals surface area contributed by atoms with Crippen LogP contribution in [0.5, 0.6) is 0 Å². The highest BCUT2D eigenvalue weighted by atomic mass is 32.2. The highest BCUT2D eigenvalue weighted by Gasteiger charge is 2.55. The van der Waals surface area contributed by atoms with Crippen molar-refractivity contribution in [1.29, 1.82) is 0 Å². The van der Waals surface area contributed by atoms with Crippen LogP contribution in [0.3, 0.4) is 0 Å². The van der Waals surface area contributed by atoms with Crippen molar-refractivity contribution in [3.63, 3.8) is 0 Å². The maximum Gasteiger partial charge on any atom is 0.136 e. The summed E-state index contributed by atoms with van der Waals surface area (Å²) >= 11 is 1.85. The van der Waals surface area contributed by atoms with Gasteiger partial charge in [-0.05, 0) is 25.0 Å². The van der Waals surface area contributed by atoms with Crippen molar-refractivity contribution in [2.75, 3.05) is 7.11 Å². The Balaban J connectivity index is 2.44. The smallest absolute Gasteiger partial charge is 0.136 e. The van der Waals surface area contributed by atoms with E-state index in [0.717, 1.165) is 12.8 Å². The van der Waals surface area contributed by atoms with Gasteiger partial charge in [0.2, 0.25) is 0 Å². The molecule has 0 spiro atoms. The molecule has 1 aromatic rings. The molecule has 0 saturated heterocycles. The SMILES string of the molecule is CCC1C(=O)CCC1C(OC)(Sc1ccccc1)[Si](C)(C)C. The summed E-state index contributed by atoms with van der Waals surface area (Å²) in [6.45, 7) is 9.23. The third-order valence-electron chi connectivity index (χ3n) is 4.89. The van der Waals surface area contributed by atoms with Gasteiger partial charge in [0, 0.05) is 30.3 Å². The summed E-state index contributed by atoms with van der Waals surface area (Å²) in [6, 6.07) is 10.5. The Hall–Kier alpha value is -0.583. The van der Waals surface area contributed by atoms with Gasteiger partial charge in [0.15, 0.2) is 0 Å². The number of carbonyl (C=O) groups excluding carboxylic acids is 1. The normalized spacial score (nSPS) is 25.2. The summed E-state index contributed by atoms with van der Waals surface area (Å²) in [5.74, 6) is 0.913. The van der Waals surface area contributed by atoms with Crippen LogP contribution in [0.2, 0.25) is 19.6 Å². The molecular weight excluding hydrogens is 308 g/mol. The van der Waals surface area contributed by atoms with E-state index in [9.17, 15) is 4.79 Å². The van der Waals surface area contributed by atoms with Gasteiger partial charge in [0.05, 0.1) is 8.07 Å². The van der Waals surface area contributed by atoms with Crippen LogP contribution in [0.15, 0.2) is 35.2 Å². The molecule has 1 aliphatic carbocycles. The number of rotatable bonds is 6. The number of hydrogen-bond donors (Lipinski definition) is 0. The summed E-state index contributed by atoms with van der Waals surface area (Å²) in [5.41, 5.74) is 0. The van der Waals surface area contributed by atoms with Crippen LogP contribution in [-0.4, -0.2) is 25.5 Å². The second-order valence-corrected chi connectivity index (χ2v) is 14.1. The highest BCUT2D eigenvalue weighted by Crippen LogP contribution is 2.53. The third-order valence-corrected chi connectivity index (χ3v) is 11.0. The van der Waals surface area contributed by atoms with Crippen molar-refractivity contribution in [1.82, 2.24) is 0 Å². The Labute approximate surface area is 140 Å². The second-order valence-electron chi connectivity index (χ2n) is 7.16. The molecule has 22 heavy (non-hydrogen) atoms. The number of carbonyl (C=O) groups is 1. The lowest BCUT2D eigenvalue weighted by Gasteiger charge is -2.47. The quantitative estimate of drug-likeness (QED) is 0.415. The van der Waals surface area contributed by atoms with Crippen molar-refractivity contribution in [2.24, 2.45) is 11.8 Å². The third kappa shape index (κ3) is 3.19. The zero-order valence-electron chi connectivity index (χ0n) is 14.4. The van der Waals surface area contributed by atoms with Crippen LogP contribution in [0.25, 0.3) is 0 Å². The Morgan fingerprint density at radius 1 is 1.27 bits per heavy atom. The molecule has 0 aromatic heterocycles. The van der Waals surface area contributed by atoms with Crippen LogP contribution >= 0.6 is 11.8 Å². The molecule has 3 atom stereocenters. The first-order valence-corrected chi connectivity index (χ1v) is 12.5. The van der Waals surface area contributed by atoms with E-state index >= 15 is 0 Å². The van der Waals surface area contributed by atoms with E-state index in [1.807, 2.05) is 24.9 Å². The van der Waals surface area contributed by atoms with Gasteiger partial charge >= 0.3 is 0 Å². The molecule has 4 heteroatoms. The van der Waals surface area contributed by atoms with E-state index in [-0.39, 0.29) is 10.5 Å². The maximum absolute atomic E-state index is 12.3. The number of hydrogen-bond acceptors (Lipinski definition) is 3. The molecule has 0 amide bonds. The number of ketones is 1. The molecule has 2 nitrogen and oxygen atoms in total. The molecule has 1 saturated carbocycles. The van der Waals surface area contributed by atoms with Crippen molar-refractivity contribution >= 4 is 25.6 Å². The number of thioether (sulfide) groups is 1. The van der Waals surface area contributed by atoms with Gasteiger partial charge < -0.3 is 4.74 Å². The lowest BCUT2D eigenvalue weighted by atomic mass is 9.93. The van der Waals surface area contributed by atoms with Gasteiger partial charge in [0.25, 0.3) is 0 Å². The minimum atomic E-state index is -1.68. The zero-order chi connectivity index (χ0) is 16.4. The Bertz CT molecular complexity index is 512. The Morgan fingerprint density at radius 2 is 1.91 bits per heavy atom. The van der Waals surface area contributed by atoms with Crippen LogP contribution in [0, 0.1) is 11.8 Å². The standard InChI is InChI=1S/C18H28O2SSi/c1-6-15-16(12-13-17(15)19)18(20-2,22(3,4)5)21-14-10-8-7-9-11-14/h7-11,15-16H,6,12-13H2,1-5H3. The van der Waals surface area contributed by atoms with Gasteiger partial charge in [-0.2, -0.15) is 0 Å². The largest absolute Gasteiger partial charge is 0.371 e. The lowest BCUT2D eigenvalue weighted by molar-refractivity contribution is -0.122. The highest BCUT2D eigenvalue weighted by molar-refractivity contribution is 8.02. The van der Waals surface area contributed by atoms with Crippen molar-refractivity contribution in [3.8, 4) is 0 Å². The Kier molecular flexibility index (Phi) is 5.57. The Morgan fingerprint density at radius 3 is 2.41 bits per heavy atom. The van der Waals surface area contributed by atoms with Crippen molar-refractivity contribution < 1.29 is 9.53 Å². The maximum atomic E-state index is 12.3. The predicted molar refractivity (Wildman–Crippen MR) is 96.9 cm³/mol. The molecule has 1 aromatic carbocycles. The number of benzene rings is 1. The molecule has 3 unspecified atom stereocenters. The molecule has 0 bridgehead atoms. The van der Waals surface area contributed by atoms with E-state index in [2.05, 4.69) is 50.8 Å². The van der Waals surface area contributed by atoms with Crippen LogP contribution < -0.4 is 0 Å². The van der Waals surface area contributed by atoms with E-state index < -0.39 is 8.07 Å². The summed E-state index contributed by atoms with van der Waals surface area (Å²) in [6.07, 6.45) is 2.61. The number of ether oxygens (including phenoxy) is 1. The molecule has 0 heterocycles. The van der Waals surface area contributed by atoms with E-state index in [4.69, 9.17) is 4.74 Å². The van der Waals surface area contributed by atoms with Gasteiger partial charge in [-0.1, -0.05) is 56.5 Å². The number of methoxy groups -OCH3 is 1. The first-order chi connectivity index (χ1) is 10.4. The van der Waals surface area contributed by atoms with Crippen molar-refractivity contribution in [3.05, 3.63) is 30.3 Å². The van der Waals surface area contributed by atoms with Gasteiger partial charge in [0.1, 0.15) is 10.3 Å².